The normalized spacial score (nSPS) is 22.1. The maximum atomic E-state index is 13.1. The second kappa shape index (κ2) is 8.66. The van der Waals surface area contributed by atoms with E-state index >= 15 is 0 Å². The van der Waals surface area contributed by atoms with E-state index in [2.05, 4.69) is 46.9 Å². The van der Waals surface area contributed by atoms with Gasteiger partial charge in [-0.05, 0) is 43.1 Å². The lowest BCUT2D eigenvalue weighted by Gasteiger charge is -2.33. The molecular formula is C21H30N5OS+. The first-order valence-corrected chi connectivity index (χ1v) is 11.4. The van der Waals surface area contributed by atoms with Gasteiger partial charge < -0.3 is 14.4 Å². The minimum absolute atomic E-state index is 0.253. The third-order valence-corrected chi connectivity index (χ3v) is 6.84. The number of anilines is 1. The number of carbonyl (C=O) groups excluding carboxylic acids is 1. The van der Waals surface area contributed by atoms with E-state index in [1.54, 1.807) is 11.8 Å². The van der Waals surface area contributed by atoms with Crippen LogP contribution in [0.5, 0.6) is 0 Å². The fourth-order valence-corrected chi connectivity index (χ4v) is 5.21. The first-order chi connectivity index (χ1) is 13.7. The Balaban J connectivity index is 1.43. The Hall–Kier alpha value is -1.86. The molecule has 1 aromatic heterocycles. The van der Waals surface area contributed by atoms with E-state index in [4.69, 9.17) is 0 Å². The maximum Gasteiger partial charge on any atom is 0.282 e. The number of nitrogens with one attached hydrogen (secondary N) is 1. The van der Waals surface area contributed by atoms with Crippen molar-refractivity contribution in [3.05, 3.63) is 35.7 Å². The molecule has 1 N–H and O–H groups in total. The van der Waals surface area contributed by atoms with E-state index in [1.807, 2.05) is 11.0 Å². The number of para-hydroxylation sites is 1. The summed E-state index contributed by atoms with van der Waals surface area (Å²) in [5, 5.41) is 9.82. The standard InChI is InChI=1S/C21H29N5OS/c1-3-28-21-23-22-20(24(21)2)17-10-6-12-25(14-17)15-19(27)26-13-7-9-16-8-4-5-11-18(16)26/h4-5,8,11,17H,3,6-7,9-10,12-15H2,1-2H3/p+1/t17-/m0/s1. The topological polar surface area (TPSA) is 55.5 Å². The van der Waals surface area contributed by atoms with Crippen molar-refractivity contribution in [3.63, 3.8) is 0 Å². The number of benzene rings is 1. The Bertz CT molecular complexity index is 836. The lowest BCUT2D eigenvalue weighted by atomic mass is 9.97. The van der Waals surface area contributed by atoms with Crippen LogP contribution in [0.1, 0.15) is 43.5 Å². The second-order valence-corrected chi connectivity index (χ2v) is 9.06. The minimum atomic E-state index is 0.253. The Labute approximate surface area is 171 Å². The zero-order chi connectivity index (χ0) is 19.5. The van der Waals surface area contributed by atoms with Gasteiger partial charge in [-0.2, -0.15) is 0 Å². The monoisotopic (exact) mass is 400 g/mol. The predicted molar refractivity (Wildman–Crippen MR) is 112 cm³/mol. The van der Waals surface area contributed by atoms with Gasteiger partial charge in [0.25, 0.3) is 5.91 Å². The van der Waals surface area contributed by atoms with Crippen LogP contribution in [-0.4, -0.2) is 52.6 Å². The van der Waals surface area contributed by atoms with Crippen LogP contribution in [0.2, 0.25) is 0 Å². The number of aromatic nitrogens is 3. The van der Waals surface area contributed by atoms with Gasteiger partial charge in [-0.3, -0.25) is 4.79 Å². The predicted octanol–water partition coefficient (Wildman–Crippen LogP) is 1.67. The number of nitrogens with zero attached hydrogens (tertiary/aromatic N) is 4. The molecule has 6 nitrogen and oxygen atoms in total. The van der Waals surface area contributed by atoms with Crippen molar-refractivity contribution >= 4 is 23.4 Å². The maximum absolute atomic E-state index is 13.1. The third-order valence-electron chi connectivity index (χ3n) is 5.94. The average molecular weight is 401 g/mol. The molecule has 28 heavy (non-hydrogen) atoms. The number of hydrogen-bond acceptors (Lipinski definition) is 4. The largest absolute Gasteiger partial charge is 0.327 e. The van der Waals surface area contributed by atoms with E-state index < -0.39 is 0 Å². The summed E-state index contributed by atoms with van der Waals surface area (Å²) in [5.41, 5.74) is 2.41. The van der Waals surface area contributed by atoms with Gasteiger partial charge in [-0.15, -0.1) is 10.2 Å². The van der Waals surface area contributed by atoms with Gasteiger partial charge in [0.05, 0.1) is 19.0 Å². The summed E-state index contributed by atoms with van der Waals surface area (Å²) in [4.78, 5) is 16.5. The van der Waals surface area contributed by atoms with Gasteiger partial charge >= 0.3 is 0 Å². The van der Waals surface area contributed by atoms with Crippen molar-refractivity contribution in [1.29, 1.82) is 0 Å². The fourth-order valence-electron chi connectivity index (χ4n) is 4.57. The number of hydrogen-bond donors (Lipinski definition) is 1. The van der Waals surface area contributed by atoms with E-state index in [0.717, 1.165) is 67.7 Å². The number of rotatable bonds is 5. The highest BCUT2D eigenvalue weighted by atomic mass is 32.2. The number of aryl methyl sites for hydroxylation is 1. The summed E-state index contributed by atoms with van der Waals surface area (Å²) in [6.45, 7) is 5.57. The van der Waals surface area contributed by atoms with Crippen LogP contribution in [0, 0.1) is 0 Å². The molecule has 1 amide bonds. The molecule has 1 saturated heterocycles. The highest BCUT2D eigenvalue weighted by molar-refractivity contribution is 7.99. The average Bonchev–Trinajstić information content (AvgIpc) is 3.08. The summed E-state index contributed by atoms with van der Waals surface area (Å²) in [7, 11) is 2.07. The lowest BCUT2D eigenvalue weighted by molar-refractivity contribution is -0.898. The van der Waals surface area contributed by atoms with Crippen LogP contribution in [0.3, 0.4) is 0 Å². The van der Waals surface area contributed by atoms with E-state index in [-0.39, 0.29) is 5.91 Å². The van der Waals surface area contributed by atoms with Gasteiger partial charge in [0.1, 0.15) is 5.82 Å². The van der Waals surface area contributed by atoms with Crippen molar-refractivity contribution in [3.8, 4) is 0 Å². The van der Waals surface area contributed by atoms with Crippen LogP contribution in [0.25, 0.3) is 0 Å². The molecule has 1 fully saturated rings. The van der Waals surface area contributed by atoms with Gasteiger partial charge in [-0.1, -0.05) is 36.9 Å². The van der Waals surface area contributed by atoms with E-state index in [0.29, 0.717) is 12.5 Å². The van der Waals surface area contributed by atoms with Crippen LogP contribution in [-0.2, 0) is 18.3 Å². The van der Waals surface area contributed by atoms with Crippen LogP contribution >= 0.6 is 11.8 Å². The number of amides is 1. The van der Waals surface area contributed by atoms with Crippen molar-refractivity contribution in [2.45, 2.75) is 43.7 Å². The Morgan fingerprint density at radius 2 is 2.14 bits per heavy atom. The van der Waals surface area contributed by atoms with Crippen molar-refractivity contribution in [1.82, 2.24) is 14.8 Å². The molecule has 2 aromatic rings. The van der Waals surface area contributed by atoms with Gasteiger partial charge in [0.2, 0.25) is 0 Å². The summed E-state index contributed by atoms with van der Waals surface area (Å²) in [6, 6.07) is 8.35. The van der Waals surface area contributed by atoms with Crippen LogP contribution in [0.4, 0.5) is 5.69 Å². The first kappa shape index (κ1) is 19.5. The first-order valence-electron chi connectivity index (χ1n) is 10.4. The fraction of sp³-hybridized carbons (Fsp3) is 0.571. The Kier molecular flexibility index (Phi) is 6.01. The molecule has 7 heteroatoms. The Morgan fingerprint density at radius 1 is 1.29 bits per heavy atom. The zero-order valence-electron chi connectivity index (χ0n) is 16.9. The van der Waals surface area contributed by atoms with Gasteiger partial charge in [0.15, 0.2) is 11.7 Å². The van der Waals surface area contributed by atoms with Gasteiger partial charge in [0, 0.05) is 19.3 Å². The third kappa shape index (κ3) is 3.96. The number of piperidine rings is 1. The molecule has 4 rings (SSSR count). The minimum Gasteiger partial charge on any atom is -0.327 e. The SMILES string of the molecule is CCSc1nnc([C@H]2CCC[NH+](CC(=O)N3CCCc4ccccc43)C2)n1C. The number of likely N-dealkylation sites (tertiary alicyclic amines) is 1. The van der Waals surface area contributed by atoms with Crippen molar-refractivity contribution < 1.29 is 9.69 Å². The molecule has 0 radical (unpaired) electrons. The molecule has 1 aromatic carbocycles. The number of quaternary nitrogens is 1. The molecule has 3 heterocycles. The highest BCUT2D eigenvalue weighted by Gasteiger charge is 2.32. The molecule has 0 bridgehead atoms. The number of thioether (sulfide) groups is 1. The lowest BCUT2D eigenvalue weighted by Crippen LogP contribution is -3.14. The summed E-state index contributed by atoms with van der Waals surface area (Å²) < 4.78 is 2.14. The van der Waals surface area contributed by atoms with Gasteiger partial charge in [-0.25, -0.2) is 0 Å². The molecule has 0 saturated carbocycles. The number of fused-ring (bicyclic) bond motifs is 1. The smallest absolute Gasteiger partial charge is 0.282 e. The molecule has 2 aliphatic rings. The molecule has 0 aliphatic carbocycles. The number of carbonyl (C=O) groups is 1. The molecule has 0 spiro atoms. The Morgan fingerprint density at radius 3 is 3.00 bits per heavy atom. The zero-order valence-corrected chi connectivity index (χ0v) is 17.7. The summed E-state index contributed by atoms with van der Waals surface area (Å²) in [6.07, 6.45) is 4.39. The quantitative estimate of drug-likeness (QED) is 0.776. The summed E-state index contributed by atoms with van der Waals surface area (Å²) >= 11 is 1.73. The van der Waals surface area contributed by atoms with E-state index in [9.17, 15) is 4.79 Å². The van der Waals surface area contributed by atoms with Crippen LogP contribution < -0.4 is 9.80 Å². The summed E-state index contributed by atoms with van der Waals surface area (Å²) in [5.74, 6) is 2.71. The highest BCUT2D eigenvalue weighted by Crippen LogP contribution is 2.27. The molecule has 2 atom stereocenters. The van der Waals surface area contributed by atoms with Crippen LogP contribution in [0.15, 0.2) is 29.4 Å². The molecular weight excluding hydrogens is 370 g/mol. The van der Waals surface area contributed by atoms with Crippen molar-refractivity contribution in [2.75, 3.05) is 36.8 Å². The molecule has 1 unspecified atom stereocenters. The van der Waals surface area contributed by atoms with Crippen molar-refractivity contribution in [2.24, 2.45) is 7.05 Å². The second-order valence-electron chi connectivity index (χ2n) is 7.83. The molecule has 150 valence electrons. The molecule has 2 aliphatic heterocycles. The van der Waals surface area contributed by atoms with E-state index in [1.165, 1.54) is 10.5 Å².